The Bertz CT molecular complexity index is 3100. The molecule has 0 amide bonds. The van der Waals surface area contributed by atoms with E-state index in [9.17, 15) is 91.3 Å². The van der Waals surface area contributed by atoms with Crippen molar-refractivity contribution in [3.05, 3.63) is 47.6 Å². The topological polar surface area (TPSA) is 486 Å². The summed E-state index contributed by atoms with van der Waals surface area (Å²) >= 11 is 0. The summed E-state index contributed by atoms with van der Waals surface area (Å²) in [6.45, 7) is 10.1. The van der Waals surface area contributed by atoms with Crippen LogP contribution in [0.3, 0.4) is 0 Å². The number of hydrogen-bond acceptors (Lipinski definition) is 30. The van der Waals surface area contributed by atoms with Crippen LogP contribution in [0.25, 0.3) is 6.08 Å². The quantitative estimate of drug-likeness (QED) is 0.0320. The van der Waals surface area contributed by atoms with E-state index in [-0.39, 0.29) is 50.0 Å². The molecule has 4 saturated carbocycles. The Morgan fingerprint density at radius 3 is 1.76 bits per heavy atom. The fraction of sp³-hybridized carbons (Fsp3) is 0.812. The van der Waals surface area contributed by atoms with Crippen LogP contribution in [0, 0.1) is 50.2 Å². The SMILES string of the molecule is COc1ccc(/C=C/C(=O)O[C@@H]2[C@H](O)[C@@H](O[C@@H]3O[C@@H](C)[C@H](O[C@@H]4OC[C@@H](O[C@@H]5O[C@H](CO)[C@H](O)[C@H](O)[C@H]5O)[C@H](O)[C@H]4O)C(O)C3O)[C@H](OC(=O)[C@]34CCC(C)(C)C[C@H]3C3=CC[C@@H]5[C@@]6(C)C[C@H](O)[C@H](O[C@@H]7O[C@H](CO)[C@@H](O)[C@H](O)[C@H]7O)[C@@](C)(C(=O)O)[C@@H]6CC[C@@]5(C)[C@]3(CO)CC4)O[C@@H]2C)cc1. The molecule has 5 aliphatic heterocycles. The lowest BCUT2D eigenvalue weighted by Gasteiger charge is -2.71. The highest BCUT2D eigenvalue weighted by atomic mass is 16.8. The molecule has 0 aromatic heterocycles. The minimum atomic E-state index is -2.07. The van der Waals surface area contributed by atoms with Crippen LogP contribution in [0.4, 0.5) is 0 Å². The number of fused-ring (bicyclic) bond motifs is 7. The van der Waals surface area contributed by atoms with Crippen molar-refractivity contribution in [2.45, 2.75) is 266 Å². The van der Waals surface area contributed by atoms with Gasteiger partial charge in [-0.15, -0.1) is 0 Å². The number of carbonyl (C=O) groups excluding carboxylic acids is 2. The third-order valence-corrected chi connectivity index (χ3v) is 24.9. The van der Waals surface area contributed by atoms with Crippen molar-refractivity contribution in [1.29, 1.82) is 0 Å². The number of aliphatic hydroxyl groups is 15. The van der Waals surface area contributed by atoms with Crippen molar-refractivity contribution in [1.82, 2.24) is 0 Å². The minimum Gasteiger partial charge on any atom is -0.497 e. The Hall–Kier alpha value is -4.05. The summed E-state index contributed by atoms with van der Waals surface area (Å²) in [4.78, 5) is 43.5. The van der Waals surface area contributed by atoms with Gasteiger partial charge in [0.1, 0.15) is 103 Å². The molecule has 9 fully saturated rings. The van der Waals surface area contributed by atoms with Crippen LogP contribution in [0.5, 0.6) is 5.75 Å². The number of esters is 2. The predicted molar refractivity (Wildman–Crippen MR) is 337 cm³/mol. The lowest BCUT2D eigenvalue weighted by molar-refractivity contribution is -0.378. The van der Waals surface area contributed by atoms with Crippen molar-refractivity contribution in [3.8, 4) is 5.75 Å². The number of aliphatic carboxylic acids is 1. The molecular formula is C69H102O31. The van der Waals surface area contributed by atoms with Crippen LogP contribution >= 0.6 is 0 Å². The van der Waals surface area contributed by atoms with Crippen molar-refractivity contribution >= 4 is 24.0 Å². The average molecular weight is 1430 g/mol. The smallest absolute Gasteiger partial charge is 0.331 e. The van der Waals surface area contributed by atoms with E-state index in [1.165, 1.54) is 34.0 Å². The number of benzene rings is 1. The number of methoxy groups -OCH3 is 1. The molecule has 11 rings (SSSR count). The zero-order valence-corrected chi connectivity index (χ0v) is 57.3. The molecule has 31 nitrogen and oxygen atoms in total. The van der Waals surface area contributed by atoms with E-state index in [4.69, 9.17) is 56.8 Å². The van der Waals surface area contributed by atoms with E-state index < -0.39 is 236 Å². The van der Waals surface area contributed by atoms with E-state index in [1.807, 2.05) is 6.92 Å². The molecule has 0 radical (unpaired) electrons. The summed E-state index contributed by atoms with van der Waals surface area (Å²) in [5.74, 6) is -4.07. The first-order valence-electron chi connectivity index (χ1n) is 34.6. The molecular weight excluding hydrogens is 1320 g/mol. The number of ether oxygens (including phenoxy) is 12. The molecule has 2 unspecified atom stereocenters. The van der Waals surface area contributed by atoms with E-state index in [0.29, 0.717) is 37.0 Å². The zero-order valence-electron chi connectivity index (χ0n) is 57.3. The van der Waals surface area contributed by atoms with E-state index in [0.717, 1.165) is 11.6 Å². The van der Waals surface area contributed by atoms with Gasteiger partial charge in [-0.2, -0.15) is 0 Å². The normalized spacial score (nSPS) is 49.4. The highest BCUT2D eigenvalue weighted by Crippen LogP contribution is 2.76. The van der Waals surface area contributed by atoms with E-state index >= 15 is 4.79 Å². The molecule has 34 atom stereocenters. The number of carboxylic acids is 1. The number of rotatable bonds is 18. The Morgan fingerprint density at radius 1 is 0.580 bits per heavy atom. The minimum absolute atomic E-state index is 0.00740. The van der Waals surface area contributed by atoms with Crippen LogP contribution in [0.2, 0.25) is 0 Å². The predicted octanol–water partition coefficient (Wildman–Crippen LogP) is -2.24. The zero-order chi connectivity index (χ0) is 72.8. The number of carbonyl (C=O) groups is 3. The number of aliphatic hydroxyl groups excluding tert-OH is 15. The highest BCUT2D eigenvalue weighted by molar-refractivity contribution is 5.87. The summed E-state index contributed by atoms with van der Waals surface area (Å²) in [5.41, 5.74) is -4.89. The maximum Gasteiger partial charge on any atom is 0.331 e. The van der Waals surface area contributed by atoms with Gasteiger partial charge in [0.2, 0.25) is 6.29 Å². The number of allylic oxidation sites excluding steroid dienone is 1. The maximum atomic E-state index is 15.9. The fourth-order valence-electron chi connectivity index (χ4n) is 19.0. The number of carboxylic acid groups (broad SMARTS) is 1. The molecule has 1 aromatic rings. The second-order valence-corrected chi connectivity index (χ2v) is 31.0. The van der Waals surface area contributed by atoms with Crippen molar-refractivity contribution in [2.75, 3.05) is 33.5 Å². The molecule has 5 aliphatic carbocycles. The highest BCUT2D eigenvalue weighted by Gasteiger charge is 2.74. The van der Waals surface area contributed by atoms with Crippen LogP contribution in [0.15, 0.2) is 42.0 Å². The largest absolute Gasteiger partial charge is 0.497 e. The van der Waals surface area contributed by atoms with Crippen molar-refractivity contribution in [2.24, 2.45) is 50.2 Å². The monoisotopic (exact) mass is 1430 g/mol. The fourth-order valence-corrected chi connectivity index (χ4v) is 19.0. The summed E-state index contributed by atoms with van der Waals surface area (Å²) in [6.07, 6.45) is -36.7. The summed E-state index contributed by atoms with van der Waals surface area (Å²) in [5, 5.41) is 177. The van der Waals surface area contributed by atoms with Gasteiger partial charge >= 0.3 is 17.9 Å². The molecule has 5 heterocycles. The molecule has 100 heavy (non-hydrogen) atoms. The van der Waals surface area contributed by atoms with Crippen LogP contribution in [-0.2, 0) is 66.5 Å². The number of hydrogen-bond donors (Lipinski definition) is 16. The third-order valence-electron chi connectivity index (χ3n) is 24.9. The lowest BCUT2D eigenvalue weighted by Crippen LogP contribution is -2.71. The van der Waals surface area contributed by atoms with Gasteiger partial charge in [0, 0.05) is 11.5 Å². The molecule has 0 bridgehead atoms. The molecule has 564 valence electrons. The van der Waals surface area contributed by atoms with Gasteiger partial charge in [-0.3, -0.25) is 9.59 Å². The Labute approximate surface area is 578 Å². The molecule has 1 aromatic carbocycles. The lowest BCUT2D eigenvalue weighted by atomic mass is 9.33. The Morgan fingerprint density at radius 2 is 1.15 bits per heavy atom. The summed E-state index contributed by atoms with van der Waals surface area (Å²) < 4.78 is 71.1. The van der Waals surface area contributed by atoms with Crippen molar-refractivity contribution in [3.63, 3.8) is 0 Å². The first-order chi connectivity index (χ1) is 47.1. The second kappa shape index (κ2) is 29.4. The van der Waals surface area contributed by atoms with Gasteiger partial charge in [-0.05, 0) is 136 Å². The van der Waals surface area contributed by atoms with Gasteiger partial charge < -0.3 is 139 Å². The Kier molecular flexibility index (Phi) is 22.6. The molecule has 0 spiro atoms. The van der Waals surface area contributed by atoms with Gasteiger partial charge in [0.05, 0.1) is 62.7 Å². The van der Waals surface area contributed by atoms with Gasteiger partial charge in [-0.25, -0.2) is 4.79 Å². The molecule has 16 N–H and O–H groups in total. The maximum absolute atomic E-state index is 15.9. The summed E-state index contributed by atoms with van der Waals surface area (Å²) in [7, 11) is 1.50. The Balaban J connectivity index is 0.845. The summed E-state index contributed by atoms with van der Waals surface area (Å²) in [6, 6.07) is 6.74. The van der Waals surface area contributed by atoms with Crippen molar-refractivity contribution < 1.29 is 153 Å². The standard InChI is InChI=1S/C69H102O31/c1-29-53(97-57-48(81)44(77)38(27-90-57)95-59-49(82)45(78)42(75)36(25-70)93-59)47(80)51(84)58(91-29)98-55-52(85)54(96-41(74)16-11-31-9-12-32(89-8)13-10-31)30(2)92-61(55)100-63(88)68-20-19-64(3,4)23-34(68)33-14-15-39-65(5)24-35(73)56(99-60-50(83)46(79)43(76)37(26-71)94-60)67(7,62(86)87)40(65)17-18-66(39,6)69(33,28-72)22-21-68/h9-14,16,29-30,34-40,42-61,70-73,75-85H,15,17-28H2,1-8H3,(H,86,87)/b16-11+/t29-,30+,34-,35-,36+,37+,38+,39+,40+,42-,43+,44-,45-,46-,47?,48+,49+,50+,51?,52-,53-,54-,55+,56-,57-,58-,59-,60-,61-,65+,66+,67-,68-,69-/m0/s1. The van der Waals surface area contributed by atoms with Crippen LogP contribution < -0.4 is 4.74 Å². The second-order valence-electron chi connectivity index (χ2n) is 31.0. The third kappa shape index (κ3) is 13.3. The van der Waals surface area contributed by atoms with E-state index in [1.54, 1.807) is 24.3 Å². The van der Waals surface area contributed by atoms with Crippen LogP contribution in [0.1, 0.15) is 112 Å². The van der Waals surface area contributed by atoms with Gasteiger partial charge in [-0.1, -0.05) is 51.5 Å². The molecule has 10 aliphatic rings. The molecule has 5 saturated heterocycles. The first-order valence-corrected chi connectivity index (χ1v) is 34.6. The van der Waals surface area contributed by atoms with Gasteiger partial charge in [0.25, 0.3) is 0 Å². The van der Waals surface area contributed by atoms with E-state index in [2.05, 4.69) is 26.8 Å². The van der Waals surface area contributed by atoms with Crippen LogP contribution in [-0.4, -0.2) is 293 Å². The van der Waals surface area contributed by atoms with Gasteiger partial charge in [0.15, 0.2) is 37.4 Å². The molecule has 31 heteroatoms. The average Bonchev–Trinajstić information content (AvgIpc) is 0.669. The first kappa shape index (κ1) is 77.1.